The van der Waals surface area contributed by atoms with Gasteiger partial charge in [-0.3, -0.25) is 4.79 Å². The van der Waals surface area contributed by atoms with Crippen molar-refractivity contribution >= 4 is 27.5 Å². The Hall–Kier alpha value is -1.86. The van der Waals surface area contributed by atoms with Crippen LogP contribution in [0.25, 0.3) is 0 Å². The van der Waals surface area contributed by atoms with E-state index >= 15 is 0 Å². The highest BCUT2D eigenvalue weighted by molar-refractivity contribution is 7.99. The first-order valence-corrected chi connectivity index (χ1v) is 11.5. The fourth-order valence-electron chi connectivity index (χ4n) is 2.77. The minimum atomic E-state index is -3.03. The molecular weight excluding hydrogens is 386 g/mol. The first kappa shape index (κ1) is 21.4. The normalized spacial score (nSPS) is 20.8. The van der Waals surface area contributed by atoms with E-state index in [9.17, 15) is 18.5 Å². The van der Waals surface area contributed by atoms with Gasteiger partial charge in [-0.2, -0.15) is 5.26 Å². The number of aromatic nitrogens is 3. The summed E-state index contributed by atoms with van der Waals surface area (Å²) in [6.45, 7) is 9.61. The topological polar surface area (TPSA) is 118 Å². The van der Waals surface area contributed by atoms with Gasteiger partial charge in [0, 0.05) is 12.5 Å². The Labute approximate surface area is 164 Å². The van der Waals surface area contributed by atoms with Crippen LogP contribution in [0, 0.1) is 17.2 Å². The van der Waals surface area contributed by atoms with E-state index in [0.29, 0.717) is 23.9 Å². The van der Waals surface area contributed by atoms with Gasteiger partial charge in [0.1, 0.15) is 11.4 Å². The standard InChI is InChI=1S/C17H25N5O3S2/c1-5-7-22-15(13-6-8-27(24,25)10-13)20-21-16(22)26-9-14(23)19-17(4,11-18)12(2)3/h5,12-13H,1,6-10H2,2-4H3,(H,19,23)/t13-,17+/m0/s1. The second kappa shape index (κ2) is 8.44. The highest BCUT2D eigenvalue weighted by Gasteiger charge is 2.33. The van der Waals surface area contributed by atoms with E-state index in [1.54, 1.807) is 13.0 Å². The first-order chi connectivity index (χ1) is 12.6. The molecule has 0 radical (unpaired) electrons. The molecule has 27 heavy (non-hydrogen) atoms. The summed E-state index contributed by atoms with van der Waals surface area (Å²) in [6, 6.07) is 2.14. The van der Waals surface area contributed by atoms with E-state index in [4.69, 9.17) is 0 Å². The van der Waals surface area contributed by atoms with Crippen molar-refractivity contribution in [3.63, 3.8) is 0 Å². The number of nitrogens with one attached hydrogen (secondary N) is 1. The van der Waals surface area contributed by atoms with Crippen molar-refractivity contribution in [3.05, 3.63) is 18.5 Å². The maximum Gasteiger partial charge on any atom is 0.231 e. The molecule has 1 aliphatic heterocycles. The van der Waals surface area contributed by atoms with Crippen LogP contribution in [0.15, 0.2) is 17.8 Å². The second-order valence-corrected chi connectivity index (χ2v) is 10.3. The van der Waals surface area contributed by atoms with Crippen molar-refractivity contribution in [1.82, 2.24) is 20.1 Å². The average Bonchev–Trinajstić information content (AvgIpc) is 3.15. The number of allylic oxidation sites excluding steroid dienone is 1. The van der Waals surface area contributed by atoms with Crippen LogP contribution in [0.4, 0.5) is 0 Å². The molecule has 0 saturated carbocycles. The number of nitrogens with zero attached hydrogens (tertiary/aromatic N) is 4. The maximum atomic E-state index is 12.3. The Balaban J connectivity index is 2.10. The van der Waals surface area contributed by atoms with Crippen molar-refractivity contribution in [2.75, 3.05) is 17.3 Å². The van der Waals surface area contributed by atoms with E-state index in [1.165, 1.54) is 11.8 Å². The average molecular weight is 412 g/mol. The van der Waals surface area contributed by atoms with Gasteiger partial charge in [-0.1, -0.05) is 31.7 Å². The number of sulfone groups is 1. The zero-order valence-electron chi connectivity index (χ0n) is 15.8. The summed E-state index contributed by atoms with van der Waals surface area (Å²) in [4.78, 5) is 12.3. The van der Waals surface area contributed by atoms with Crippen molar-refractivity contribution in [3.8, 4) is 6.07 Å². The predicted molar refractivity (Wildman–Crippen MR) is 104 cm³/mol. The Bertz CT molecular complexity index is 856. The lowest BCUT2D eigenvalue weighted by Crippen LogP contribution is -2.49. The largest absolute Gasteiger partial charge is 0.337 e. The summed E-state index contributed by atoms with van der Waals surface area (Å²) in [5.41, 5.74) is -0.935. The highest BCUT2D eigenvalue weighted by Crippen LogP contribution is 2.30. The molecule has 0 spiro atoms. The van der Waals surface area contributed by atoms with Gasteiger partial charge >= 0.3 is 0 Å². The number of carbonyl (C=O) groups is 1. The molecular formula is C17H25N5O3S2. The van der Waals surface area contributed by atoms with Crippen molar-refractivity contribution in [2.45, 2.75) is 50.4 Å². The third kappa shape index (κ3) is 5.11. The van der Waals surface area contributed by atoms with Gasteiger partial charge in [0.05, 0.1) is 23.3 Å². The van der Waals surface area contributed by atoms with Crippen LogP contribution in [0.1, 0.15) is 38.9 Å². The molecule has 1 amide bonds. The number of nitriles is 1. The lowest BCUT2D eigenvalue weighted by Gasteiger charge is -2.27. The van der Waals surface area contributed by atoms with Gasteiger partial charge in [0.25, 0.3) is 0 Å². The Morgan fingerprint density at radius 1 is 1.56 bits per heavy atom. The van der Waals surface area contributed by atoms with Crippen molar-refractivity contribution < 1.29 is 13.2 Å². The van der Waals surface area contributed by atoms with Crippen LogP contribution in [0.2, 0.25) is 0 Å². The minimum Gasteiger partial charge on any atom is -0.337 e. The summed E-state index contributed by atoms with van der Waals surface area (Å²) < 4.78 is 25.3. The maximum absolute atomic E-state index is 12.3. The van der Waals surface area contributed by atoms with Gasteiger partial charge < -0.3 is 9.88 Å². The zero-order chi connectivity index (χ0) is 20.2. The van der Waals surface area contributed by atoms with Gasteiger partial charge in [-0.05, 0) is 19.3 Å². The number of hydrogen-bond acceptors (Lipinski definition) is 7. The minimum absolute atomic E-state index is 0.0308. The summed E-state index contributed by atoms with van der Waals surface area (Å²) >= 11 is 1.21. The molecule has 1 aromatic rings. The summed E-state index contributed by atoms with van der Waals surface area (Å²) in [5, 5.41) is 20.9. The molecule has 0 unspecified atom stereocenters. The Kier molecular flexibility index (Phi) is 6.70. The van der Waals surface area contributed by atoms with E-state index in [2.05, 4.69) is 28.2 Å². The van der Waals surface area contributed by atoms with Gasteiger partial charge in [0.2, 0.25) is 5.91 Å². The van der Waals surface area contributed by atoms with Gasteiger partial charge in [0.15, 0.2) is 15.0 Å². The SMILES string of the molecule is C=CCn1c(SCC(=O)N[C@](C)(C#N)C(C)C)nnc1[C@H]1CCS(=O)(=O)C1. The van der Waals surface area contributed by atoms with E-state index in [1.807, 2.05) is 18.4 Å². The van der Waals surface area contributed by atoms with E-state index in [-0.39, 0.29) is 35.0 Å². The highest BCUT2D eigenvalue weighted by atomic mass is 32.2. The van der Waals surface area contributed by atoms with Crippen molar-refractivity contribution in [1.29, 1.82) is 5.26 Å². The van der Waals surface area contributed by atoms with Crippen LogP contribution in [0.3, 0.4) is 0 Å². The van der Waals surface area contributed by atoms with Crippen LogP contribution in [-0.2, 0) is 21.2 Å². The molecule has 10 heteroatoms. The summed E-state index contributed by atoms with van der Waals surface area (Å²) in [6.07, 6.45) is 2.21. The summed E-state index contributed by atoms with van der Waals surface area (Å²) in [7, 11) is -3.03. The van der Waals surface area contributed by atoms with Crippen molar-refractivity contribution in [2.24, 2.45) is 5.92 Å². The number of carbonyl (C=O) groups excluding carboxylic acids is 1. The first-order valence-electron chi connectivity index (χ1n) is 8.71. The van der Waals surface area contributed by atoms with E-state index < -0.39 is 15.4 Å². The molecule has 0 bridgehead atoms. The molecule has 0 aliphatic carbocycles. The number of amides is 1. The molecule has 1 fully saturated rings. The van der Waals surface area contributed by atoms with Gasteiger partial charge in [-0.15, -0.1) is 16.8 Å². The van der Waals surface area contributed by atoms with Crippen LogP contribution < -0.4 is 5.32 Å². The molecule has 2 heterocycles. The lowest BCUT2D eigenvalue weighted by atomic mass is 9.90. The van der Waals surface area contributed by atoms with Crippen LogP contribution in [-0.4, -0.2) is 51.9 Å². The predicted octanol–water partition coefficient (Wildman–Crippen LogP) is 1.51. The Morgan fingerprint density at radius 2 is 2.26 bits per heavy atom. The van der Waals surface area contributed by atoms with Crippen LogP contribution >= 0.6 is 11.8 Å². The number of hydrogen-bond donors (Lipinski definition) is 1. The van der Waals surface area contributed by atoms with Gasteiger partial charge in [-0.25, -0.2) is 8.42 Å². The lowest BCUT2D eigenvalue weighted by molar-refractivity contribution is -0.120. The molecule has 2 rings (SSSR count). The Morgan fingerprint density at radius 3 is 2.78 bits per heavy atom. The molecule has 148 valence electrons. The molecule has 1 N–H and O–H groups in total. The summed E-state index contributed by atoms with van der Waals surface area (Å²) in [5.74, 6) is 0.444. The fourth-order valence-corrected chi connectivity index (χ4v) is 5.26. The molecule has 1 aliphatic rings. The molecule has 0 aromatic carbocycles. The molecule has 1 saturated heterocycles. The van der Waals surface area contributed by atoms with E-state index in [0.717, 1.165) is 0 Å². The number of rotatable bonds is 8. The molecule has 2 atom stereocenters. The molecule has 8 nitrogen and oxygen atoms in total. The third-order valence-corrected chi connectivity index (χ3v) is 7.51. The second-order valence-electron chi connectivity index (χ2n) is 7.15. The number of thioether (sulfide) groups is 1. The van der Waals surface area contributed by atoms with Crippen LogP contribution in [0.5, 0.6) is 0 Å². The third-order valence-electron chi connectivity index (χ3n) is 4.77. The monoisotopic (exact) mass is 411 g/mol. The zero-order valence-corrected chi connectivity index (χ0v) is 17.4. The fraction of sp³-hybridized carbons (Fsp3) is 0.647. The molecule has 1 aromatic heterocycles. The smallest absolute Gasteiger partial charge is 0.231 e. The quantitative estimate of drug-likeness (QED) is 0.509.